The lowest BCUT2D eigenvalue weighted by atomic mass is 10.2. The van der Waals surface area contributed by atoms with E-state index < -0.39 is 10.0 Å². The quantitative estimate of drug-likeness (QED) is 0.545. The third-order valence-corrected chi connectivity index (χ3v) is 6.13. The molecule has 0 spiro atoms. The van der Waals surface area contributed by atoms with Crippen molar-refractivity contribution in [2.75, 3.05) is 19.7 Å². The Morgan fingerprint density at radius 1 is 1.10 bits per heavy atom. The van der Waals surface area contributed by atoms with E-state index in [-0.39, 0.29) is 30.0 Å². The number of carbonyl (C=O) groups excluding carboxylic acids is 1. The van der Waals surface area contributed by atoms with Gasteiger partial charge in [0.25, 0.3) is 0 Å². The van der Waals surface area contributed by atoms with Crippen LogP contribution in [0.25, 0.3) is 0 Å². The number of halogens is 1. The third-order valence-electron chi connectivity index (χ3n) is 4.07. The Balaban J connectivity index is 2.09. The number of nitrogens with one attached hydrogen (secondary N) is 1. The molecule has 0 atom stereocenters. The molecule has 0 heterocycles. The second-order valence-corrected chi connectivity index (χ2v) is 9.21. The fraction of sp³-hybridized carbons (Fsp3) is 0.381. The number of sulfonamides is 1. The van der Waals surface area contributed by atoms with Gasteiger partial charge in [-0.3, -0.25) is 4.79 Å². The molecule has 2 aromatic rings. The highest BCUT2D eigenvalue weighted by molar-refractivity contribution is 7.89. The Bertz CT molecular complexity index is 871. The summed E-state index contributed by atoms with van der Waals surface area (Å²) in [6.07, 6.45) is 0.795. The molecule has 0 saturated carbocycles. The van der Waals surface area contributed by atoms with Crippen molar-refractivity contribution in [3.05, 3.63) is 65.2 Å². The first-order valence-corrected chi connectivity index (χ1v) is 11.3. The van der Waals surface area contributed by atoms with E-state index in [1.54, 1.807) is 0 Å². The molecule has 0 radical (unpaired) electrons. The largest absolute Gasteiger partial charge is 0.379 e. The maximum atomic E-state index is 13.1. The van der Waals surface area contributed by atoms with E-state index in [0.29, 0.717) is 24.6 Å². The molecule has 0 bridgehead atoms. The summed E-state index contributed by atoms with van der Waals surface area (Å²) in [5, 5.41) is 3.20. The summed E-state index contributed by atoms with van der Waals surface area (Å²) in [7, 11) is -3.87. The smallest absolute Gasteiger partial charge is 0.243 e. The van der Waals surface area contributed by atoms with Crippen LogP contribution in [-0.2, 0) is 26.1 Å². The molecule has 29 heavy (non-hydrogen) atoms. The molecule has 1 N–H and O–H groups in total. The van der Waals surface area contributed by atoms with E-state index in [2.05, 4.69) is 5.32 Å². The number of hydrogen-bond donors (Lipinski definition) is 1. The van der Waals surface area contributed by atoms with Crippen LogP contribution < -0.4 is 5.32 Å². The van der Waals surface area contributed by atoms with Crippen LogP contribution in [0.2, 0.25) is 5.02 Å². The zero-order chi connectivity index (χ0) is 21.3. The van der Waals surface area contributed by atoms with Crippen LogP contribution in [0.5, 0.6) is 0 Å². The van der Waals surface area contributed by atoms with Gasteiger partial charge in [0, 0.05) is 24.7 Å². The van der Waals surface area contributed by atoms with E-state index in [1.807, 2.05) is 44.2 Å². The lowest BCUT2D eigenvalue weighted by Crippen LogP contribution is -2.40. The van der Waals surface area contributed by atoms with Gasteiger partial charge in [0.1, 0.15) is 0 Å². The van der Waals surface area contributed by atoms with Gasteiger partial charge >= 0.3 is 0 Å². The maximum absolute atomic E-state index is 13.1. The number of amides is 1. The summed E-state index contributed by atoms with van der Waals surface area (Å²) in [5.74, 6) is -0.358. The molecule has 0 aromatic heterocycles. The molecule has 0 aliphatic carbocycles. The highest BCUT2D eigenvalue weighted by Gasteiger charge is 2.26. The van der Waals surface area contributed by atoms with Crippen molar-refractivity contribution >= 4 is 27.5 Å². The van der Waals surface area contributed by atoms with Crippen LogP contribution in [-0.4, -0.2) is 44.4 Å². The van der Waals surface area contributed by atoms with Crippen LogP contribution in [0.15, 0.2) is 59.5 Å². The molecule has 0 aliphatic heterocycles. The first-order chi connectivity index (χ1) is 13.8. The maximum Gasteiger partial charge on any atom is 0.243 e. The molecule has 158 valence electrons. The van der Waals surface area contributed by atoms with Crippen molar-refractivity contribution in [1.82, 2.24) is 9.62 Å². The standard InChI is InChI=1S/C21H27ClN2O4S/c1-17(2)28-14-6-13-23-21(25)16-24(15-18-7-4-3-5-8-18)29(26,27)20-11-9-19(22)10-12-20/h3-5,7-12,17H,6,13-16H2,1-2H3,(H,23,25). The van der Waals surface area contributed by atoms with Gasteiger partial charge in [-0.05, 0) is 50.1 Å². The second kappa shape index (κ2) is 11.3. The molecule has 0 aliphatic rings. The number of rotatable bonds is 11. The molecule has 0 saturated heterocycles. The van der Waals surface area contributed by atoms with Crippen molar-refractivity contribution in [3.63, 3.8) is 0 Å². The Morgan fingerprint density at radius 2 is 1.76 bits per heavy atom. The average Bonchev–Trinajstić information content (AvgIpc) is 2.68. The summed E-state index contributed by atoms with van der Waals surface area (Å²) in [6.45, 7) is 4.67. The van der Waals surface area contributed by atoms with Gasteiger partial charge in [-0.1, -0.05) is 41.9 Å². The molecule has 2 aromatic carbocycles. The lowest BCUT2D eigenvalue weighted by molar-refractivity contribution is -0.121. The minimum absolute atomic E-state index is 0.0929. The zero-order valence-corrected chi connectivity index (χ0v) is 18.2. The highest BCUT2D eigenvalue weighted by atomic mass is 35.5. The SMILES string of the molecule is CC(C)OCCCNC(=O)CN(Cc1ccccc1)S(=O)(=O)c1ccc(Cl)cc1. The Morgan fingerprint density at radius 3 is 2.38 bits per heavy atom. The fourth-order valence-electron chi connectivity index (χ4n) is 2.60. The van der Waals surface area contributed by atoms with Gasteiger partial charge < -0.3 is 10.1 Å². The van der Waals surface area contributed by atoms with Gasteiger partial charge in [-0.2, -0.15) is 4.31 Å². The van der Waals surface area contributed by atoms with Gasteiger partial charge in [0.05, 0.1) is 17.5 Å². The zero-order valence-electron chi connectivity index (χ0n) is 16.7. The van der Waals surface area contributed by atoms with Crippen LogP contribution >= 0.6 is 11.6 Å². The van der Waals surface area contributed by atoms with Gasteiger partial charge in [0.15, 0.2) is 0 Å². The average molecular weight is 439 g/mol. The van der Waals surface area contributed by atoms with Crippen molar-refractivity contribution in [2.45, 2.75) is 37.8 Å². The third kappa shape index (κ3) is 7.78. The fourth-order valence-corrected chi connectivity index (χ4v) is 4.11. The van der Waals surface area contributed by atoms with Gasteiger partial charge in [-0.15, -0.1) is 0 Å². The Hall–Kier alpha value is -1.93. The summed E-state index contributed by atoms with van der Waals surface area (Å²) in [6, 6.07) is 15.1. The number of carbonyl (C=O) groups is 1. The number of benzene rings is 2. The van der Waals surface area contributed by atoms with Crippen molar-refractivity contribution in [2.24, 2.45) is 0 Å². The summed E-state index contributed by atoms with van der Waals surface area (Å²) in [5.41, 5.74) is 0.795. The number of hydrogen-bond acceptors (Lipinski definition) is 4. The Labute approximate surface area is 177 Å². The minimum Gasteiger partial charge on any atom is -0.379 e. The lowest BCUT2D eigenvalue weighted by Gasteiger charge is -2.22. The molecule has 0 fully saturated rings. The highest BCUT2D eigenvalue weighted by Crippen LogP contribution is 2.20. The minimum atomic E-state index is -3.87. The van der Waals surface area contributed by atoms with Gasteiger partial charge in [-0.25, -0.2) is 8.42 Å². The summed E-state index contributed by atoms with van der Waals surface area (Å²) < 4.78 is 32.8. The van der Waals surface area contributed by atoms with Crippen molar-refractivity contribution in [1.29, 1.82) is 0 Å². The van der Waals surface area contributed by atoms with Crippen molar-refractivity contribution < 1.29 is 17.9 Å². The number of nitrogens with zero attached hydrogens (tertiary/aromatic N) is 1. The molecule has 1 amide bonds. The summed E-state index contributed by atoms with van der Waals surface area (Å²) >= 11 is 5.88. The topological polar surface area (TPSA) is 75.7 Å². The van der Waals surface area contributed by atoms with E-state index in [9.17, 15) is 13.2 Å². The van der Waals surface area contributed by atoms with E-state index in [1.165, 1.54) is 28.6 Å². The van der Waals surface area contributed by atoms with Crippen LogP contribution in [0, 0.1) is 0 Å². The summed E-state index contributed by atoms with van der Waals surface area (Å²) in [4.78, 5) is 12.5. The van der Waals surface area contributed by atoms with E-state index >= 15 is 0 Å². The monoisotopic (exact) mass is 438 g/mol. The molecular weight excluding hydrogens is 412 g/mol. The van der Waals surface area contributed by atoms with E-state index in [0.717, 1.165) is 5.56 Å². The molecule has 2 rings (SSSR count). The first kappa shape index (κ1) is 23.3. The van der Waals surface area contributed by atoms with Crippen LogP contribution in [0.3, 0.4) is 0 Å². The van der Waals surface area contributed by atoms with Gasteiger partial charge in [0.2, 0.25) is 15.9 Å². The predicted molar refractivity (Wildman–Crippen MR) is 114 cm³/mol. The molecule has 6 nitrogen and oxygen atoms in total. The van der Waals surface area contributed by atoms with Crippen LogP contribution in [0.4, 0.5) is 0 Å². The Kier molecular flexibility index (Phi) is 9.10. The normalized spacial score (nSPS) is 11.8. The van der Waals surface area contributed by atoms with Crippen LogP contribution in [0.1, 0.15) is 25.8 Å². The second-order valence-electron chi connectivity index (χ2n) is 6.84. The van der Waals surface area contributed by atoms with Crippen molar-refractivity contribution in [3.8, 4) is 0 Å². The molecular formula is C21H27ClN2O4S. The molecule has 0 unspecified atom stereocenters. The van der Waals surface area contributed by atoms with E-state index in [4.69, 9.17) is 16.3 Å². The predicted octanol–water partition coefficient (Wildman–Crippen LogP) is 3.46. The molecule has 8 heteroatoms. The first-order valence-electron chi connectivity index (χ1n) is 9.47. The number of ether oxygens (including phenoxy) is 1.